The fraction of sp³-hybridized carbons (Fsp3) is 0.545. The lowest BCUT2D eigenvalue weighted by molar-refractivity contribution is 0.0716. The van der Waals surface area contributed by atoms with Crippen molar-refractivity contribution in [2.75, 3.05) is 13.1 Å². The van der Waals surface area contributed by atoms with Crippen molar-refractivity contribution in [3.05, 3.63) is 52.8 Å². The van der Waals surface area contributed by atoms with Gasteiger partial charge in [0, 0.05) is 43.5 Å². The molecule has 2 aromatic rings. The first-order valence-electron chi connectivity index (χ1n) is 10.4. The Bertz CT molecular complexity index is 777. The van der Waals surface area contributed by atoms with Crippen molar-refractivity contribution in [2.45, 2.75) is 64.6 Å². The van der Waals surface area contributed by atoms with E-state index in [0.29, 0.717) is 11.7 Å². The first-order valence-corrected chi connectivity index (χ1v) is 10.4. The molecule has 2 aliphatic rings. The molecule has 0 spiro atoms. The van der Waals surface area contributed by atoms with Crippen molar-refractivity contribution in [2.24, 2.45) is 0 Å². The van der Waals surface area contributed by atoms with E-state index in [4.69, 9.17) is 5.10 Å². The number of benzene rings is 1. The maximum Gasteiger partial charge on any atom is 0.274 e. The fourth-order valence-electron chi connectivity index (χ4n) is 4.40. The van der Waals surface area contributed by atoms with Gasteiger partial charge in [-0.2, -0.15) is 5.10 Å². The summed E-state index contributed by atoms with van der Waals surface area (Å²) in [5.74, 6) is 0.141. The van der Waals surface area contributed by atoms with Crippen LogP contribution in [-0.2, 0) is 25.9 Å². The summed E-state index contributed by atoms with van der Waals surface area (Å²) >= 11 is 0. The predicted octanol–water partition coefficient (Wildman–Crippen LogP) is 3.18. The molecule has 1 aromatic carbocycles. The highest BCUT2D eigenvalue weighted by atomic mass is 16.2. The van der Waals surface area contributed by atoms with Crippen molar-refractivity contribution < 1.29 is 4.79 Å². The average molecular weight is 367 g/mol. The molecule has 4 rings (SSSR count). The fourth-order valence-corrected chi connectivity index (χ4v) is 4.40. The maximum atomic E-state index is 13.1. The summed E-state index contributed by atoms with van der Waals surface area (Å²) in [5, 5.41) is 8.43. The van der Waals surface area contributed by atoms with Gasteiger partial charge in [-0.1, -0.05) is 30.3 Å². The highest BCUT2D eigenvalue weighted by molar-refractivity contribution is 5.94. The Labute approximate surface area is 161 Å². The van der Waals surface area contributed by atoms with E-state index in [-0.39, 0.29) is 5.91 Å². The molecule has 0 bridgehead atoms. The molecule has 1 aliphatic heterocycles. The quantitative estimate of drug-likeness (QED) is 0.884. The van der Waals surface area contributed by atoms with Gasteiger partial charge in [0.05, 0.1) is 0 Å². The number of nitrogens with one attached hydrogen (secondary N) is 1. The van der Waals surface area contributed by atoms with Crippen molar-refractivity contribution in [3.63, 3.8) is 0 Å². The number of piperidine rings is 1. The molecule has 27 heavy (non-hydrogen) atoms. The second-order valence-electron chi connectivity index (χ2n) is 7.75. The molecule has 1 aromatic heterocycles. The summed E-state index contributed by atoms with van der Waals surface area (Å²) in [7, 11) is 0. The number of rotatable bonds is 5. The summed E-state index contributed by atoms with van der Waals surface area (Å²) in [6.07, 6.45) is 6.46. The second-order valence-corrected chi connectivity index (χ2v) is 7.75. The van der Waals surface area contributed by atoms with E-state index in [2.05, 4.69) is 41.2 Å². The van der Waals surface area contributed by atoms with E-state index in [1.165, 1.54) is 23.2 Å². The Balaban J connectivity index is 1.50. The van der Waals surface area contributed by atoms with Gasteiger partial charge in [-0.3, -0.25) is 9.48 Å². The molecule has 1 amide bonds. The molecule has 1 atom stereocenters. The van der Waals surface area contributed by atoms with Crippen LogP contribution in [0.5, 0.6) is 0 Å². The van der Waals surface area contributed by atoms with E-state index in [0.717, 1.165) is 58.3 Å². The third kappa shape index (κ3) is 3.93. The molecule has 5 heteroatoms. The molecular formula is C22H30N4O. The topological polar surface area (TPSA) is 50.2 Å². The summed E-state index contributed by atoms with van der Waals surface area (Å²) in [6, 6.07) is 10.9. The zero-order chi connectivity index (χ0) is 18.6. The minimum Gasteiger partial charge on any atom is -0.337 e. The van der Waals surface area contributed by atoms with Crippen molar-refractivity contribution in [1.29, 1.82) is 0 Å². The SMILES string of the molecule is CCn1nc(C(=O)N2CCCCC2)c2c1CCC(NCc1ccccc1)C2. The van der Waals surface area contributed by atoms with Gasteiger partial charge >= 0.3 is 0 Å². The summed E-state index contributed by atoms with van der Waals surface area (Å²) in [4.78, 5) is 15.1. The monoisotopic (exact) mass is 366 g/mol. The number of aromatic nitrogens is 2. The zero-order valence-corrected chi connectivity index (χ0v) is 16.3. The lowest BCUT2D eigenvalue weighted by Gasteiger charge is -2.27. The van der Waals surface area contributed by atoms with Crippen LogP contribution in [0.3, 0.4) is 0 Å². The molecule has 144 valence electrons. The number of likely N-dealkylation sites (tertiary alicyclic amines) is 1. The van der Waals surface area contributed by atoms with Crippen LogP contribution in [0.15, 0.2) is 30.3 Å². The smallest absolute Gasteiger partial charge is 0.274 e. The van der Waals surface area contributed by atoms with Crippen LogP contribution < -0.4 is 5.32 Å². The number of hydrogen-bond acceptors (Lipinski definition) is 3. The summed E-state index contributed by atoms with van der Waals surface area (Å²) in [6.45, 7) is 5.57. The number of nitrogens with zero attached hydrogens (tertiary/aromatic N) is 3. The van der Waals surface area contributed by atoms with E-state index >= 15 is 0 Å². The third-order valence-electron chi connectivity index (χ3n) is 5.93. The Morgan fingerprint density at radius 2 is 1.96 bits per heavy atom. The first kappa shape index (κ1) is 18.2. The van der Waals surface area contributed by atoms with Crippen molar-refractivity contribution >= 4 is 5.91 Å². The molecule has 1 N–H and O–H groups in total. The predicted molar refractivity (Wildman–Crippen MR) is 107 cm³/mol. The Kier molecular flexibility index (Phi) is 5.58. The third-order valence-corrected chi connectivity index (χ3v) is 5.93. The molecule has 0 radical (unpaired) electrons. The molecule has 1 unspecified atom stereocenters. The number of carbonyl (C=O) groups excluding carboxylic acids is 1. The largest absolute Gasteiger partial charge is 0.337 e. The van der Waals surface area contributed by atoms with Crippen molar-refractivity contribution in [3.8, 4) is 0 Å². The van der Waals surface area contributed by atoms with Gasteiger partial charge in [0.1, 0.15) is 0 Å². The maximum absolute atomic E-state index is 13.1. The van der Waals surface area contributed by atoms with Gasteiger partial charge in [-0.15, -0.1) is 0 Å². The Hall–Kier alpha value is -2.14. The van der Waals surface area contributed by atoms with Gasteiger partial charge in [-0.05, 0) is 51.0 Å². The highest BCUT2D eigenvalue weighted by Crippen LogP contribution is 2.27. The number of hydrogen-bond donors (Lipinski definition) is 1. The van der Waals surface area contributed by atoms with Crippen LogP contribution in [0.4, 0.5) is 0 Å². The van der Waals surface area contributed by atoms with E-state index in [1.54, 1.807) is 0 Å². The van der Waals surface area contributed by atoms with Crippen molar-refractivity contribution in [1.82, 2.24) is 20.0 Å². The van der Waals surface area contributed by atoms with Gasteiger partial charge in [0.2, 0.25) is 0 Å². The standard InChI is InChI=1S/C22H30N4O/c1-2-26-20-12-11-18(23-16-17-9-5-3-6-10-17)15-19(20)21(24-26)22(27)25-13-7-4-8-14-25/h3,5-6,9-10,18,23H,2,4,7-8,11-16H2,1H3. The van der Waals surface area contributed by atoms with E-state index < -0.39 is 0 Å². The number of carbonyl (C=O) groups is 1. The summed E-state index contributed by atoms with van der Waals surface area (Å²) < 4.78 is 2.06. The van der Waals surface area contributed by atoms with Crippen LogP contribution in [-0.4, -0.2) is 39.7 Å². The molecule has 2 heterocycles. The second kappa shape index (κ2) is 8.26. The normalized spacial score (nSPS) is 19.7. The van der Waals surface area contributed by atoms with Crippen LogP contribution >= 0.6 is 0 Å². The molecule has 5 nitrogen and oxygen atoms in total. The number of aryl methyl sites for hydroxylation is 1. The van der Waals surface area contributed by atoms with Crippen LogP contribution in [0.1, 0.15) is 59.9 Å². The van der Waals surface area contributed by atoms with Gasteiger partial charge in [-0.25, -0.2) is 0 Å². The lowest BCUT2D eigenvalue weighted by Crippen LogP contribution is -2.38. The van der Waals surface area contributed by atoms with E-state index in [1.807, 2.05) is 11.0 Å². The van der Waals surface area contributed by atoms with Crippen LogP contribution in [0, 0.1) is 0 Å². The lowest BCUT2D eigenvalue weighted by atomic mass is 9.90. The van der Waals surface area contributed by atoms with Crippen LogP contribution in [0.2, 0.25) is 0 Å². The average Bonchev–Trinajstić information content (AvgIpc) is 3.11. The van der Waals surface area contributed by atoms with Crippen LogP contribution in [0.25, 0.3) is 0 Å². The number of fused-ring (bicyclic) bond motifs is 1. The molecule has 0 saturated carbocycles. The molecule has 1 saturated heterocycles. The highest BCUT2D eigenvalue weighted by Gasteiger charge is 2.31. The first-order chi connectivity index (χ1) is 13.3. The molecule has 1 fully saturated rings. The Morgan fingerprint density at radius 1 is 1.19 bits per heavy atom. The molecule has 1 aliphatic carbocycles. The summed E-state index contributed by atoms with van der Waals surface area (Å²) in [5.41, 5.74) is 4.47. The van der Waals surface area contributed by atoms with E-state index in [9.17, 15) is 4.79 Å². The minimum atomic E-state index is 0.141. The Morgan fingerprint density at radius 3 is 2.70 bits per heavy atom. The van der Waals surface area contributed by atoms with Gasteiger partial charge in [0.15, 0.2) is 5.69 Å². The van der Waals surface area contributed by atoms with Gasteiger partial charge in [0.25, 0.3) is 5.91 Å². The number of amides is 1. The minimum absolute atomic E-state index is 0.141. The zero-order valence-electron chi connectivity index (χ0n) is 16.3. The van der Waals surface area contributed by atoms with Gasteiger partial charge < -0.3 is 10.2 Å². The molecular weight excluding hydrogens is 336 g/mol.